The fourth-order valence-corrected chi connectivity index (χ4v) is 5.89. The van der Waals surface area contributed by atoms with E-state index in [2.05, 4.69) is 32.1 Å². The van der Waals surface area contributed by atoms with Gasteiger partial charge in [-0.15, -0.1) is 5.92 Å². The number of aryl methyl sites for hydroxylation is 2. The first-order valence-electron chi connectivity index (χ1n) is 15.0. The number of ether oxygens (including phenoxy) is 1. The number of halogens is 3. The highest BCUT2D eigenvalue weighted by Gasteiger charge is 2.38. The molecule has 1 aliphatic carbocycles. The van der Waals surface area contributed by atoms with Gasteiger partial charge in [0.05, 0.1) is 13.1 Å². The van der Waals surface area contributed by atoms with Gasteiger partial charge in [0.15, 0.2) is 16.9 Å². The molecule has 1 aliphatic heterocycles. The van der Waals surface area contributed by atoms with Crippen LogP contribution in [0.15, 0.2) is 9.59 Å². The van der Waals surface area contributed by atoms with Gasteiger partial charge in [-0.1, -0.05) is 5.92 Å². The predicted octanol–water partition coefficient (Wildman–Crippen LogP) is 3.15. The summed E-state index contributed by atoms with van der Waals surface area (Å²) in [5.74, 6) is 5.89. The van der Waals surface area contributed by atoms with Crippen LogP contribution in [0.3, 0.4) is 0 Å². The van der Waals surface area contributed by atoms with Crippen molar-refractivity contribution in [2.75, 3.05) is 18.0 Å². The molecule has 0 spiro atoms. The lowest BCUT2D eigenvalue weighted by atomic mass is 9.94. The van der Waals surface area contributed by atoms with Crippen molar-refractivity contribution >= 4 is 23.2 Å². The molecule has 0 bridgehead atoms. The Kier molecular flexibility index (Phi) is 8.70. The summed E-state index contributed by atoms with van der Waals surface area (Å²) < 4.78 is 50.9. The molecule has 5 rings (SSSR count). The van der Waals surface area contributed by atoms with Crippen molar-refractivity contribution < 1.29 is 22.7 Å². The lowest BCUT2D eigenvalue weighted by Gasteiger charge is -2.34. The SMILES string of the molecule is CC#CCn1c(N2CCC[C@@H](NC(=O)OC(C)(C)C)C2)nc2c1c(=O)n(Cc1nc3c(c(C(F)(F)F)n1)CCCC3)c(=O)n2C. The van der Waals surface area contributed by atoms with Crippen LogP contribution in [0.1, 0.15) is 76.2 Å². The number of alkyl halides is 3. The van der Waals surface area contributed by atoms with Crippen LogP contribution in [0, 0.1) is 11.8 Å². The normalized spacial score (nSPS) is 17.1. The molecule has 0 unspecified atom stereocenters. The fourth-order valence-electron chi connectivity index (χ4n) is 5.89. The molecule has 15 heteroatoms. The first-order chi connectivity index (χ1) is 21.2. The van der Waals surface area contributed by atoms with Gasteiger partial charge in [-0.2, -0.15) is 18.2 Å². The number of anilines is 1. The second-order valence-electron chi connectivity index (χ2n) is 12.4. The van der Waals surface area contributed by atoms with Crippen molar-refractivity contribution in [1.29, 1.82) is 0 Å². The molecule has 1 fully saturated rings. The topological polar surface area (TPSA) is 129 Å². The number of rotatable bonds is 5. The number of carbonyl (C=O) groups excluding carboxylic acids is 1. The summed E-state index contributed by atoms with van der Waals surface area (Å²) in [6.07, 6.45) is -1.93. The standard InChI is InChI=1S/C30H37F3N8O4/c1-6-7-15-40-22-24(37-26(40)39-14-10-11-18(16-39)34-27(43)45-29(2,3)4)38(5)28(44)41(25(22)42)17-21-35-20-13-9-8-12-19(20)23(36-21)30(31,32)33/h18H,8-17H2,1-5H3,(H,34,43)/t18-/m1/s1. The summed E-state index contributed by atoms with van der Waals surface area (Å²) in [7, 11) is 1.45. The Morgan fingerprint density at radius 3 is 2.49 bits per heavy atom. The molecule has 0 radical (unpaired) electrons. The maximum Gasteiger partial charge on any atom is 0.433 e. The van der Waals surface area contributed by atoms with Crippen LogP contribution in [0.4, 0.5) is 23.9 Å². The second-order valence-corrected chi connectivity index (χ2v) is 12.4. The summed E-state index contributed by atoms with van der Waals surface area (Å²) in [5, 5.41) is 2.89. The Hall–Kier alpha value is -4.35. The average Bonchev–Trinajstić information content (AvgIpc) is 3.35. The number of aromatic nitrogens is 6. The number of carbonyl (C=O) groups is 1. The molecule has 0 saturated carbocycles. The number of alkyl carbamates (subject to hydrolysis) is 1. The summed E-state index contributed by atoms with van der Waals surface area (Å²) in [5.41, 5.74) is -2.61. The quantitative estimate of drug-likeness (QED) is 0.426. The van der Waals surface area contributed by atoms with Crippen LogP contribution < -0.4 is 21.5 Å². The van der Waals surface area contributed by atoms with Crippen LogP contribution >= 0.6 is 0 Å². The maximum atomic E-state index is 14.0. The van der Waals surface area contributed by atoms with Crippen molar-refractivity contribution in [3.05, 3.63) is 43.6 Å². The van der Waals surface area contributed by atoms with Crippen molar-refractivity contribution in [3.8, 4) is 11.8 Å². The van der Waals surface area contributed by atoms with Gasteiger partial charge in [-0.05, 0) is 66.2 Å². The molecule has 3 aromatic rings. The molecular weight excluding hydrogens is 593 g/mol. The minimum atomic E-state index is -4.70. The maximum absolute atomic E-state index is 14.0. The molecule has 242 valence electrons. The van der Waals surface area contributed by atoms with Gasteiger partial charge in [0, 0.05) is 37.4 Å². The van der Waals surface area contributed by atoms with Gasteiger partial charge in [-0.3, -0.25) is 18.5 Å². The molecule has 1 saturated heterocycles. The van der Waals surface area contributed by atoms with Gasteiger partial charge in [-0.25, -0.2) is 19.6 Å². The summed E-state index contributed by atoms with van der Waals surface area (Å²) in [4.78, 5) is 54.7. The highest BCUT2D eigenvalue weighted by molar-refractivity contribution is 5.75. The van der Waals surface area contributed by atoms with E-state index in [-0.39, 0.29) is 41.6 Å². The molecule has 4 heterocycles. The van der Waals surface area contributed by atoms with E-state index >= 15 is 0 Å². The number of hydrogen-bond acceptors (Lipinski definition) is 8. The summed E-state index contributed by atoms with van der Waals surface area (Å²) in [6.45, 7) is 7.46. The molecule has 45 heavy (non-hydrogen) atoms. The van der Waals surface area contributed by atoms with Gasteiger partial charge >= 0.3 is 18.0 Å². The van der Waals surface area contributed by atoms with Crippen LogP contribution in [-0.4, -0.2) is 59.5 Å². The van der Waals surface area contributed by atoms with Gasteiger partial charge in [0.25, 0.3) is 5.56 Å². The zero-order chi connectivity index (χ0) is 32.7. The van der Waals surface area contributed by atoms with Gasteiger partial charge in [0.2, 0.25) is 5.95 Å². The van der Waals surface area contributed by atoms with Gasteiger partial charge < -0.3 is 15.0 Å². The molecule has 12 nitrogen and oxygen atoms in total. The second kappa shape index (κ2) is 12.2. The number of hydrogen-bond donors (Lipinski definition) is 1. The predicted molar refractivity (Wildman–Crippen MR) is 160 cm³/mol. The van der Waals surface area contributed by atoms with E-state index in [1.165, 1.54) is 11.6 Å². The molecule has 1 atom stereocenters. The lowest BCUT2D eigenvalue weighted by molar-refractivity contribution is -0.142. The monoisotopic (exact) mass is 630 g/mol. The van der Waals surface area contributed by atoms with Gasteiger partial charge in [0.1, 0.15) is 11.4 Å². The van der Waals surface area contributed by atoms with Crippen molar-refractivity contribution in [3.63, 3.8) is 0 Å². The van der Waals surface area contributed by atoms with Crippen LogP contribution in [0.2, 0.25) is 0 Å². The Bertz CT molecular complexity index is 1810. The van der Waals surface area contributed by atoms with Crippen molar-refractivity contribution in [1.82, 2.24) is 34.0 Å². The van der Waals surface area contributed by atoms with E-state index < -0.39 is 41.4 Å². The zero-order valence-electron chi connectivity index (χ0n) is 26.0. The third kappa shape index (κ3) is 6.69. The van der Waals surface area contributed by atoms with E-state index in [1.807, 2.05) is 4.90 Å². The number of imidazole rings is 1. The van der Waals surface area contributed by atoms with E-state index in [1.54, 1.807) is 32.3 Å². The van der Waals surface area contributed by atoms with Crippen LogP contribution in [-0.2, 0) is 43.9 Å². The highest BCUT2D eigenvalue weighted by atomic mass is 19.4. The smallest absolute Gasteiger partial charge is 0.433 e. The Morgan fingerprint density at radius 1 is 1.07 bits per heavy atom. The van der Waals surface area contributed by atoms with Crippen molar-refractivity contribution in [2.45, 2.75) is 97.1 Å². The third-order valence-electron chi connectivity index (χ3n) is 7.85. The number of fused-ring (bicyclic) bond motifs is 2. The van der Waals surface area contributed by atoms with Crippen molar-refractivity contribution in [2.24, 2.45) is 7.05 Å². The minimum absolute atomic E-state index is 0.0734. The molecule has 1 N–H and O–H groups in total. The number of nitrogens with one attached hydrogen (secondary N) is 1. The zero-order valence-corrected chi connectivity index (χ0v) is 26.0. The van der Waals surface area contributed by atoms with E-state index in [0.29, 0.717) is 56.8 Å². The molecule has 2 aliphatic rings. The third-order valence-corrected chi connectivity index (χ3v) is 7.85. The van der Waals surface area contributed by atoms with E-state index in [9.17, 15) is 27.6 Å². The minimum Gasteiger partial charge on any atom is -0.444 e. The summed E-state index contributed by atoms with van der Waals surface area (Å²) >= 11 is 0. The van der Waals surface area contributed by atoms with Crippen LogP contribution in [0.5, 0.6) is 0 Å². The first-order valence-corrected chi connectivity index (χ1v) is 15.0. The molecular formula is C30H37F3N8O4. The average molecular weight is 631 g/mol. The molecule has 1 amide bonds. The first kappa shape index (κ1) is 32.1. The Labute approximate surface area is 257 Å². The van der Waals surface area contributed by atoms with Crippen LogP contribution in [0.25, 0.3) is 11.2 Å². The largest absolute Gasteiger partial charge is 0.444 e. The fraction of sp³-hybridized carbons (Fsp3) is 0.600. The number of amides is 1. The lowest BCUT2D eigenvalue weighted by Crippen LogP contribution is -2.49. The highest BCUT2D eigenvalue weighted by Crippen LogP contribution is 2.34. The molecule has 3 aromatic heterocycles. The summed E-state index contributed by atoms with van der Waals surface area (Å²) in [6, 6.07) is -0.261. The Morgan fingerprint density at radius 2 is 1.80 bits per heavy atom. The Balaban J connectivity index is 1.56. The van der Waals surface area contributed by atoms with E-state index in [4.69, 9.17) is 4.74 Å². The number of nitrogens with zero attached hydrogens (tertiary/aromatic N) is 7. The molecule has 0 aromatic carbocycles. The number of piperidine rings is 1. The van der Waals surface area contributed by atoms with E-state index in [0.717, 1.165) is 4.57 Å².